The Kier molecular flexibility index (Phi) is 4.96. The molecule has 0 radical (unpaired) electrons. The molecule has 2 rings (SSSR count). The molecular formula is C17H24N2O. The lowest BCUT2D eigenvalue weighted by atomic mass is 9.98. The van der Waals surface area contributed by atoms with Crippen LogP contribution in [-0.2, 0) is 4.79 Å². The molecule has 1 aromatic carbocycles. The lowest BCUT2D eigenvalue weighted by molar-refractivity contribution is -0.132. The second-order valence-electron chi connectivity index (χ2n) is 5.87. The number of hydrogen-bond acceptors (Lipinski definition) is 2. The van der Waals surface area contributed by atoms with E-state index >= 15 is 0 Å². The molecule has 0 saturated heterocycles. The highest BCUT2D eigenvalue weighted by molar-refractivity contribution is 5.83. The van der Waals surface area contributed by atoms with Gasteiger partial charge in [-0.25, -0.2) is 0 Å². The highest BCUT2D eigenvalue weighted by Gasteiger charge is 2.23. The number of amides is 1. The molecule has 0 fully saturated rings. The third-order valence-electron chi connectivity index (χ3n) is 3.71. The summed E-state index contributed by atoms with van der Waals surface area (Å²) in [5, 5.41) is 0. The Morgan fingerprint density at radius 3 is 2.55 bits per heavy atom. The van der Waals surface area contributed by atoms with E-state index in [1.165, 1.54) is 11.1 Å². The fourth-order valence-corrected chi connectivity index (χ4v) is 2.63. The first-order valence-corrected chi connectivity index (χ1v) is 7.36. The van der Waals surface area contributed by atoms with Gasteiger partial charge in [-0.3, -0.25) is 4.79 Å². The third kappa shape index (κ3) is 3.70. The van der Waals surface area contributed by atoms with E-state index in [0.717, 1.165) is 19.4 Å². The van der Waals surface area contributed by atoms with Crippen molar-refractivity contribution in [2.75, 3.05) is 13.1 Å². The van der Waals surface area contributed by atoms with E-state index in [1.807, 2.05) is 23.1 Å². The first-order valence-electron chi connectivity index (χ1n) is 7.36. The molecule has 108 valence electrons. The molecule has 1 heterocycles. The van der Waals surface area contributed by atoms with Gasteiger partial charge in [0.05, 0.1) is 6.04 Å². The fourth-order valence-electron chi connectivity index (χ4n) is 2.63. The Labute approximate surface area is 121 Å². The van der Waals surface area contributed by atoms with E-state index in [4.69, 9.17) is 5.73 Å². The number of hydrogen-bond donors (Lipinski definition) is 1. The third-order valence-corrected chi connectivity index (χ3v) is 3.71. The van der Waals surface area contributed by atoms with Crippen molar-refractivity contribution in [1.82, 2.24) is 4.90 Å². The molecule has 0 spiro atoms. The highest BCUT2D eigenvalue weighted by Crippen LogP contribution is 2.22. The van der Waals surface area contributed by atoms with Gasteiger partial charge in [0.15, 0.2) is 0 Å². The van der Waals surface area contributed by atoms with Crippen molar-refractivity contribution in [1.29, 1.82) is 0 Å². The summed E-state index contributed by atoms with van der Waals surface area (Å²) in [6, 6.07) is 10.00. The summed E-state index contributed by atoms with van der Waals surface area (Å²) >= 11 is 0. The van der Waals surface area contributed by atoms with Gasteiger partial charge in [-0.1, -0.05) is 50.3 Å². The zero-order valence-corrected chi connectivity index (χ0v) is 12.4. The Bertz CT molecular complexity index is 479. The Morgan fingerprint density at radius 2 is 2.00 bits per heavy atom. The Hall–Kier alpha value is -1.61. The van der Waals surface area contributed by atoms with Crippen molar-refractivity contribution in [3.8, 4) is 0 Å². The van der Waals surface area contributed by atoms with Crippen LogP contribution in [0.5, 0.6) is 0 Å². The highest BCUT2D eigenvalue weighted by atomic mass is 16.2. The minimum absolute atomic E-state index is 0.0852. The maximum atomic E-state index is 12.2. The van der Waals surface area contributed by atoms with Crippen LogP contribution >= 0.6 is 0 Å². The molecule has 1 aliphatic heterocycles. The maximum Gasteiger partial charge on any atom is 0.239 e. The molecule has 3 heteroatoms. The molecule has 1 amide bonds. The second-order valence-corrected chi connectivity index (χ2v) is 5.87. The summed E-state index contributed by atoms with van der Waals surface area (Å²) in [4.78, 5) is 14.1. The van der Waals surface area contributed by atoms with Crippen LogP contribution in [0.1, 0.15) is 32.3 Å². The zero-order chi connectivity index (χ0) is 14.5. The minimum atomic E-state index is -0.360. The topological polar surface area (TPSA) is 46.3 Å². The van der Waals surface area contributed by atoms with Crippen LogP contribution in [-0.4, -0.2) is 29.9 Å². The van der Waals surface area contributed by atoms with Crippen LogP contribution in [0.15, 0.2) is 36.4 Å². The average molecular weight is 272 g/mol. The summed E-state index contributed by atoms with van der Waals surface area (Å²) in [5.74, 6) is 0.538. The van der Waals surface area contributed by atoms with Gasteiger partial charge in [0.1, 0.15) is 0 Å². The van der Waals surface area contributed by atoms with Crippen LogP contribution in [0.3, 0.4) is 0 Å². The van der Waals surface area contributed by atoms with Crippen molar-refractivity contribution >= 4 is 11.5 Å². The smallest absolute Gasteiger partial charge is 0.239 e. The van der Waals surface area contributed by atoms with Gasteiger partial charge in [0.25, 0.3) is 0 Å². The first kappa shape index (κ1) is 14.8. The summed E-state index contributed by atoms with van der Waals surface area (Å²) in [6.07, 6.45) is 3.81. The first-order chi connectivity index (χ1) is 9.58. The lowest BCUT2D eigenvalue weighted by Gasteiger charge is -2.29. The van der Waals surface area contributed by atoms with Gasteiger partial charge in [-0.05, 0) is 29.9 Å². The van der Waals surface area contributed by atoms with E-state index in [1.54, 1.807) is 0 Å². The van der Waals surface area contributed by atoms with Gasteiger partial charge in [0, 0.05) is 13.1 Å². The van der Waals surface area contributed by atoms with Crippen molar-refractivity contribution in [3.63, 3.8) is 0 Å². The molecule has 0 aromatic heterocycles. The lowest BCUT2D eigenvalue weighted by Crippen LogP contribution is -2.45. The molecule has 3 nitrogen and oxygen atoms in total. The molecule has 1 aliphatic rings. The fraction of sp³-hybridized carbons (Fsp3) is 0.471. The second kappa shape index (κ2) is 6.71. The summed E-state index contributed by atoms with van der Waals surface area (Å²) in [5.41, 5.74) is 8.56. The summed E-state index contributed by atoms with van der Waals surface area (Å²) < 4.78 is 0. The molecule has 0 unspecified atom stereocenters. The van der Waals surface area contributed by atoms with Gasteiger partial charge >= 0.3 is 0 Å². The molecule has 1 atom stereocenters. The Morgan fingerprint density at radius 1 is 1.30 bits per heavy atom. The van der Waals surface area contributed by atoms with Crippen molar-refractivity contribution in [2.24, 2.45) is 11.7 Å². The van der Waals surface area contributed by atoms with Gasteiger partial charge < -0.3 is 10.6 Å². The molecule has 0 saturated carbocycles. The molecule has 0 aliphatic carbocycles. The van der Waals surface area contributed by atoms with Gasteiger partial charge in [-0.2, -0.15) is 0 Å². The SMILES string of the molecule is CC(C)C[C@@H](N)C(=O)N1CC=C(c2ccccc2)CC1. The van der Waals surface area contributed by atoms with Crippen LogP contribution < -0.4 is 5.73 Å². The van der Waals surface area contributed by atoms with Crippen molar-refractivity contribution < 1.29 is 4.79 Å². The average Bonchev–Trinajstić information content (AvgIpc) is 2.47. The van der Waals surface area contributed by atoms with Crippen LogP contribution in [0, 0.1) is 5.92 Å². The quantitative estimate of drug-likeness (QED) is 0.916. The number of carbonyl (C=O) groups is 1. The van der Waals surface area contributed by atoms with E-state index in [0.29, 0.717) is 12.5 Å². The van der Waals surface area contributed by atoms with Crippen LogP contribution in [0.2, 0.25) is 0 Å². The molecule has 20 heavy (non-hydrogen) atoms. The minimum Gasteiger partial charge on any atom is -0.337 e. The number of nitrogens with two attached hydrogens (primary N) is 1. The van der Waals surface area contributed by atoms with Gasteiger partial charge in [-0.15, -0.1) is 0 Å². The molecule has 0 bridgehead atoms. The van der Waals surface area contributed by atoms with Crippen molar-refractivity contribution in [2.45, 2.75) is 32.7 Å². The zero-order valence-electron chi connectivity index (χ0n) is 12.4. The number of nitrogens with zero attached hydrogens (tertiary/aromatic N) is 1. The molecule has 1 aromatic rings. The van der Waals surface area contributed by atoms with Crippen molar-refractivity contribution in [3.05, 3.63) is 42.0 Å². The maximum absolute atomic E-state index is 12.2. The molecule has 2 N–H and O–H groups in total. The van der Waals surface area contributed by atoms with Crippen LogP contribution in [0.25, 0.3) is 5.57 Å². The standard InChI is InChI=1S/C17H24N2O/c1-13(2)12-16(18)17(20)19-10-8-15(9-11-19)14-6-4-3-5-7-14/h3-8,13,16H,9-12,18H2,1-2H3/t16-/m1/s1. The monoisotopic (exact) mass is 272 g/mol. The normalized spacial score (nSPS) is 17.0. The molecular weight excluding hydrogens is 248 g/mol. The van der Waals surface area contributed by atoms with Gasteiger partial charge in [0.2, 0.25) is 5.91 Å². The van der Waals surface area contributed by atoms with E-state index in [2.05, 4.69) is 32.1 Å². The number of benzene rings is 1. The number of carbonyl (C=O) groups excluding carboxylic acids is 1. The number of rotatable bonds is 4. The summed E-state index contributed by atoms with van der Waals surface area (Å²) in [7, 11) is 0. The Balaban J connectivity index is 1.96. The largest absolute Gasteiger partial charge is 0.337 e. The summed E-state index contributed by atoms with van der Waals surface area (Å²) in [6.45, 7) is 5.63. The predicted molar refractivity (Wildman–Crippen MR) is 83.0 cm³/mol. The van der Waals surface area contributed by atoms with E-state index in [-0.39, 0.29) is 11.9 Å². The van der Waals surface area contributed by atoms with E-state index < -0.39 is 0 Å². The van der Waals surface area contributed by atoms with E-state index in [9.17, 15) is 4.79 Å². The predicted octanol–water partition coefficient (Wildman–Crippen LogP) is 2.68. The van der Waals surface area contributed by atoms with Crippen LogP contribution in [0.4, 0.5) is 0 Å².